The Kier molecular flexibility index (Phi) is 5.66. The van der Waals surface area contributed by atoms with Gasteiger partial charge in [-0.15, -0.1) is 0 Å². The Morgan fingerprint density at radius 3 is 2.42 bits per heavy atom. The van der Waals surface area contributed by atoms with Crippen LogP contribution in [0.3, 0.4) is 0 Å². The van der Waals surface area contributed by atoms with E-state index in [1.54, 1.807) is 18.2 Å². The molecule has 6 aromatic rings. The van der Waals surface area contributed by atoms with E-state index in [4.69, 9.17) is 14.4 Å². The van der Waals surface area contributed by atoms with Crippen LogP contribution in [0.4, 0.5) is 4.39 Å². The summed E-state index contributed by atoms with van der Waals surface area (Å²) in [7, 11) is 0. The first-order valence-electron chi connectivity index (χ1n) is 11.4. The molecule has 0 radical (unpaired) electrons. The predicted octanol–water partition coefficient (Wildman–Crippen LogP) is 7.56. The molecule has 0 N–H and O–H groups in total. The van der Waals surface area contributed by atoms with Crippen molar-refractivity contribution in [3.63, 3.8) is 0 Å². The van der Waals surface area contributed by atoms with E-state index in [0.29, 0.717) is 34.8 Å². The lowest BCUT2D eigenvalue weighted by Crippen LogP contribution is -2.07. The number of rotatable bonds is 4. The minimum Gasteiger partial charge on any atom is -0.422 e. The van der Waals surface area contributed by atoms with Gasteiger partial charge in [-0.2, -0.15) is 0 Å². The molecular formula is C30H18BrFN2O2. The standard InChI is InChI=1S/C30H18BrFN2O2/c31-21-6-3-5-20(15-21)26-17-27(34-29(33-26)14-18-8-11-22(32)12-9-18)25-16-24-23-7-2-1-4-19(23)10-13-28(24)36-30(25)35/h1-13,15-17H,14H2. The van der Waals surface area contributed by atoms with E-state index in [1.807, 2.05) is 66.7 Å². The van der Waals surface area contributed by atoms with Gasteiger partial charge < -0.3 is 4.42 Å². The molecule has 174 valence electrons. The fourth-order valence-electron chi connectivity index (χ4n) is 4.34. The SMILES string of the molecule is O=c1oc2ccc3ccccc3c2cc1-c1cc(-c2cccc(Br)c2)nc(Cc2ccc(F)cc2)n1. The summed E-state index contributed by atoms with van der Waals surface area (Å²) in [6.45, 7) is 0. The van der Waals surface area contributed by atoms with Crippen molar-refractivity contribution in [2.75, 3.05) is 0 Å². The topological polar surface area (TPSA) is 56.0 Å². The Balaban J connectivity index is 1.56. The molecule has 2 heterocycles. The Morgan fingerprint density at radius 2 is 1.58 bits per heavy atom. The van der Waals surface area contributed by atoms with Crippen molar-refractivity contribution < 1.29 is 8.81 Å². The van der Waals surface area contributed by atoms with Gasteiger partial charge in [0.1, 0.15) is 17.2 Å². The van der Waals surface area contributed by atoms with Crippen molar-refractivity contribution in [3.8, 4) is 22.5 Å². The van der Waals surface area contributed by atoms with E-state index in [9.17, 15) is 9.18 Å². The van der Waals surface area contributed by atoms with Crippen molar-refractivity contribution in [1.82, 2.24) is 9.97 Å². The third kappa shape index (κ3) is 4.32. The molecule has 0 saturated carbocycles. The highest BCUT2D eigenvalue weighted by atomic mass is 79.9. The lowest BCUT2D eigenvalue weighted by Gasteiger charge is -2.10. The van der Waals surface area contributed by atoms with Gasteiger partial charge in [-0.1, -0.05) is 70.5 Å². The summed E-state index contributed by atoms with van der Waals surface area (Å²) in [6.07, 6.45) is 0.386. The van der Waals surface area contributed by atoms with Gasteiger partial charge in [0.2, 0.25) is 0 Å². The second-order valence-corrected chi connectivity index (χ2v) is 9.43. The predicted molar refractivity (Wildman–Crippen MR) is 143 cm³/mol. The second-order valence-electron chi connectivity index (χ2n) is 8.51. The Bertz CT molecular complexity index is 1810. The van der Waals surface area contributed by atoms with Gasteiger partial charge in [0.05, 0.1) is 17.0 Å². The molecule has 2 aromatic heterocycles. The van der Waals surface area contributed by atoms with Crippen molar-refractivity contribution in [3.05, 3.63) is 129 Å². The van der Waals surface area contributed by atoms with Crippen LogP contribution in [-0.2, 0) is 6.42 Å². The minimum absolute atomic E-state index is 0.302. The molecule has 0 unspecified atom stereocenters. The molecule has 4 nitrogen and oxygen atoms in total. The quantitative estimate of drug-likeness (QED) is 0.172. The first kappa shape index (κ1) is 22.3. The first-order valence-corrected chi connectivity index (χ1v) is 12.2. The maximum Gasteiger partial charge on any atom is 0.345 e. The molecule has 0 fully saturated rings. The highest BCUT2D eigenvalue weighted by Gasteiger charge is 2.15. The summed E-state index contributed by atoms with van der Waals surface area (Å²) in [5.41, 5.74) is 3.31. The normalized spacial score (nSPS) is 11.3. The molecular weight excluding hydrogens is 519 g/mol. The van der Waals surface area contributed by atoms with Gasteiger partial charge in [0, 0.05) is 21.8 Å². The number of aromatic nitrogens is 2. The average molecular weight is 537 g/mol. The van der Waals surface area contributed by atoms with E-state index in [-0.39, 0.29) is 5.82 Å². The minimum atomic E-state index is -0.468. The molecule has 0 amide bonds. The average Bonchev–Trinajstić information content (AvgIpc) is 2.89. The Labute approximate surface area is 214 Å². The van der Waals surface area contributed by atoms with Crippen LogP contribution in [0.2, 0.25) is 0 Å². The van der Waals surface area contributed by atoms with Gasteiger partial charge in [0.15, 0.2) is 0 Å². The summed E-state index contributed by atoms with van der Waals surface area (Å²) in [5, 5.41) is 2.89. The molecule has 6 rings (SSSR count). The van der Waals surface area contributed by atoms with Crippen LogP contribution < -0.4 is 5.63 Å². The van der Waals surface area contributed by atoms with E-state index >= 15 is 0 Å². The van der Waals surface area contributed by atoms with Crippen molar-refractivity contribution >= 4 is 37.7 Å². The molecule has 0 aliphatic rings. The smallest absolute Gasteiger partial charge is 0.345 e. The zero-order valence-electron chi connectivity index (χ0n) is 18.9. The fraction of sp³-hybridized carbons (Fsp3) is 0.0333. The van der Waals surface area contributed by atoms with Crippen LogP contribution in [0.1, 0.15) is 11.4 Å². The van der Waals surface area contributed by atoms with Crippen molar-refractivity contribution in [2.45, 2.75) is 6.42 Å². The van der Waals surface area contributed by atoms with Gasteiger partial charge >= 0.3 is 5.63 Å². The van der Waals surface area contributed by atoms with Crippen molar-refractivity contribution in [2.24, 2.45) is 0 Å². The second kappa shape index (κ2) is 9.13. The summed E-state index contributed by atoms with van der Waals surface area (Å²) in [4.78, 5) is 22.6. The van der Waals surface area contributed by atoms with Crippen LogP contribution in [0.5, 0.6) is 0 Å². The molecule has 0 aliphatic heterocycles. The number of hydrogen-bond donors (Lipinski definition) is 0. The van der Waals surface area contributed by atoms with Crippen LogP contribution in [0.15, 0.2) is 111 Å². The molecule has 0 saturated heterocycles. The van der Waals surface area contributed by atoms with E-state index in [2.05, 4.69) is 15.9 Å². The van der Waals surface area contributed by atoms with E-state index in [1.165, 1.54) is 12.1 Å². The number of halogens is 2. The lowest BCUT2D eigenvalue weighted by molar-refractivity contribution is 0.563. The highest BCUT2D eigenvalue weighted by molar-refractivity contribution is 9.10. The van der Waals surface area contributed by atoms with Crippen LogP contribution in [-0.4, -0.2) is 9.97 Å². The molecule has 6 heteroatoms. The Hall–Kier alpha value is -4.16. The van der Waals surface area contributed by atoms with Crippen LogP contribution in [0.25, 0.3) is 44.3 Å². The number of fused-ring (bicyclic) bond motifs is 3. The van der Waals surface area contributed by atoms with Crippen molar-refractivity contribution in [1.29, 1.82) is 0 Å². The zero-order chi connectivity index (χ0) is 24.6. The van der Waals surface area contributed by atoms with Crippen LogP contribution in [0, 0.1) is 5.82 Å². The first-order chi connectivity index (χ1) is 17.5. The number of benzene rings is 4. The number of nitrogens with zero attached hydrogens (tertiary/aromatic N) is 2. The zero-order valence-corrected chi connectivity index (χ0v) is 20.5. The molecule has 36 heavy (non-hydrogen) atoms. The van der Waals surface area contributed by atoms with Gasteiger partial charge in [-0.25, -0.2) is 19.2 Å². The third-order valence-electron chi connectivity index (χ3n) is 6.09. The molecule has 0 bridgehead atoms. The maximum absolute atomic E-state index is 13.4. The molecule has 0 aliphatic carbocycles. The third-order valence-corrected chi connectivity index (χ3v) is 6.58. The monoisotopic (exact) mass is 536 g/mol. The summed E-state index contributed by atoms with van der Waals surface area (Å²) in [5.74, 6) is 0.218. The van der Waals surface area contributed by atoms with E-state index in [0.717, 1.165) is 31.8 Å². The van der Waals surface area contributed by atoms with Gasteiger partial charge in [-0.05, 0) is 58.8 Å². The Morgan fingerprint density at radius 1 is 0.778 bits per heavy atom. The highest BCUT2D eigenvalue weighted by Crippen LogP contribution is 2.30. The summed E-state index contributed by atoms with van der Waals surface area (Å²) < 4.78 is 20.1. The summed E-state index contributed by atoms with van der Waals surface area (Å²) in [6, 6.07) is 29.4. The van der Waals surface area contributed by atoms with Crippen LogP contribution >= 0.6 is 15.9 Å². The number of hydrogen-bond acceptors (Lipinski definition) is 4. The van der Waals surface area contributed by atoms with Gasteiger partial charge in [0.25, 0.3) is 0 Å². The molecule has 4 aromatic carbocycles. The molecule has 0 atom stereocenters. The largest absolute Gasteiger partial charge is 0.422 e. The van der Waals surface area contributed by atoms with E-state index < -0.39 is 5.63 Å². The maximum atomic E-state index is 13.4. The summed E-state index contributed by atoms with van der Waals surface area (Å²) >= 11 is 3.52. The lowest BCUT2D eigenvalue weighted by atomic mass is 10.0. The molecule has 0 spiro atoms. The van der Waals surface area contributed by atoms with Gasteiger partial charge in [-0.3, -0.25) is 0 Å². The fourth-order valence-corrected chi connectivity index (χ4v) is 4.74.